The maximum atomic E-state index is 12.4. The molecule has 0 aliphatic heterocycles. The minimum atomic E-state index is -3.62. The number of hydrogen-bond acceptors (Lipinski definition) is 4. The Morgan fingerprint density at radius 3 is 2.07 bits per heavy atom. The smallest absolute Gasteiger partial charge is 0.260 e. The van der Waals surface area contributed by atoms with E-state index in [-0.39, 0.29) is 12.0 Å². The second-order valence-corrected chi connectivity index (χ2v) is 10.3. The molecule has 0 saturated carbocycles. The summed E-state index contributed by atoms with van der Waals surface area (Å²) in [5, 5.41) is 4.14. The second kappa shape index (κ2) is 9.43. The summed E-state index contributed by atoms with van der Waals surface area (Å²) in [4.78, 5) is 12.4. The van der Waals surface area contributed by atoms with Crippen molar-refractivity contribution in [1.82, 2.24) is 5.43 Å². The first-order valence-electron chi connectivity index (χ1n) is 9.92. The van der Waals surface area contributed by atoms with E-state index in [1.54, 1.807) is 19.1 Å². The standard InChI is InChI=1S/C23H31N3O3S/c1-7-18-8-14-21(15-9-18)26(30(6,28)29)16-22(27)25-24-17(2)19-10-12-20(13-11-19)23(3,4)5/h8-15H,7,16H2,1-6H3,(H,25,27)/b24-17-. The summed E-state index contributed by atoms with van der Waals surface area (Å²) < 4.78 is 25.5. The van der Waals surface area contributed by atoms with Crippen molar-refractivity contribution in [2.75, 3.05) is 17.1 Å². The van der Waals surface area contributed by atoms with Gasteiger partial charge in [0.05, 0.1) is 17.7 Å². The Hall–Kier alpha value is -2.67. The lowest BCUT2D eigenvalue weighted by molar-refractivity contribution is -0.119. The van der Waals surface area contributed by atoms with Gasteiger partial charge in [-0.2, -0.15) is 5.10 Å². The Morgan fingerprint density at radius 2 is 1.60 bits per heavy atom. The summed E-state index contributed by atoms with van der Waals surface area (Å²) in [6.07, 6.45) is 1.93. The summed E-state index contributed by atoms with van der Waals surface area (Å²) >= 11 is 0. The van der Waals surface area contributed by atoms with Crippen LogP contribution in [0.5, 0.6) is 0 Å². The van der Waals surface area contributed by atoms with Crippen molar-refractivity contribution in [3.8, 4) is 0 Å². The van der Waals surface area contributed by atoms with E-state index < -0.39 is 15.9 Å². The average Bonchev–Trinajstić information content (AvgIpc) is 2.69. The fourth-order valence-electron chi connectivity index (χ4n) is 2.89. The number of nitrogens with zero attached hydrogens (tertiary/aromatic N) is 2. The second-order valence-electron chi connectivity index (χ2n) is 8.35. The van der Waals surface area contributed by atoms with Gasteiger partial charge in [-0.15, -0.1) is 0 Å². The van der Waals surface area contributed by atoms with E-state index in [1.165, 1.54) is 5.56 Å². The molecule has 2 rings (SSSR count). The van der Waals surface area contributed by atoms with E-state index >= 15 is 0 Å². The van der Waals surface area contributed by atoms with Crippen molar-refractivity contribution >= 4 is 27.3 Å². The number of amides is 1. The monoisotopic (exact) mass is 429 g/mol. The Labute approximate surface area is 180 Å². The van der Waals surface area contributed by atoms with Gasteiger partial charge in [-0.3, -0.25) is 9.10 Å². The molecular formula is C23H31N3O3S. The van der Waals surface area contributed by atoms with Crippen LogP contribution in [0.15, 0.2) is 53.6 Å². The first kappa shape index (κ1) is 23.6. The zero-order valence-corrected chi connectivity index (χ0v) is 19.4. The maximum Gasteiger partial charge on any atom is 0.260 e. The predicted molar refractivity (Wildman–Crippen MR) is 124 cm³/mol. The number of anilines is 1. The molecule has 0 saturated heterocycles. The van der Waals surface area contributed by atoms with Crippen molar-refractivity contribution in [2.45, 2.75) is 46.5 Å². The first-order valence-corrected chi connectivity index (χ1v) is 11.8. The highest BCUT2D eigenvalue weighted by Gasteiger charge is 2.21. The highest BCUT2D eigenvalue weighted by molar-refractivity contribution is 7.92. The van der Waals surface area contributed by atoms with Gasteiger partial charge in [-0.1, -0.05) is 64.1 Å². The van der Waals surface area contributed by atoms with E-state index in [0.29, 0.717) is 11.4 Å². The number of aryl methyl sites for hydroxylation is 1. The van der Waals surface area contributed by atoms with E-state index in [4.69, 9.17) is 0 Å². The molecule has 2 aromatic rings. The third kappa shape index (κ3) is 6.42. The molecule has 0 aliphatic carbocycles. The zero-order valence-electron chi connectivity index (χ0n) is 18.6. The number of benzene rings is 2. The van der Waals surface area contributed by atoms with Gasteiger partial charge in [0, 0.05) is 0 Å². The van der Waals surface area contributed by atoms with Gasteiger partial charge < -0.3 is 0 Å². The minimum absolute atomic E-state index is 0.0578. The number of sulfonamides is 1. The zero-order chi connectivity index (χ0) is 22.5. The molecule has 0 bridgehead atoms. The molecule has 30 heavy (non-hydrogen) atoms. The SMILES string of the molecule is CCc1ccc(N(CC(=O)N/N=C(/C)c2ccc(C(C)(C)C)cc2)S(C)(=O)=O)cc1. The molecule has 0 radical (unpaired) electrons. The third-order valence-corrected chi connectivity index (χ3v) is 5.98. The van der Waals surface area contributed by atoms with Crippen molar-refractivity contribution in [1.29, 1.82) is 0 Å². The van der Waals surface area contributed by atoms with Crippen LogP contribution >= 0.6 is 0 Å². The molecule has 6 nitrogen and oxygen atoms in total. The molecule has 0 aliphatic rings. The fourth-order valence-corrected chi connectivity index (χ4v) is 3.74. The Kier molecular flexibility index (Phi) is 7.42. The first-order chi connectivity index (χ1) is 13.9. The highest BCUT2D eigenvalue weighted by atomic mass is 32.2. The fraction of sp³-hybridized carbons (Fsp3) is 0.391. The number of rotatable bonds is 7. The molecule has 0 atom stereocenters. The summed E-state index contributed by atoms with van der Waals surface area (Å²) in [5.74, 6) is -0.509. The molecule has 0 heterocycles. The van der Waals surface area contributed by atoms with Crippen LogP contribution in [0.4, 0.5) is 5.69 Å². The van der Waals surface area contributed by atoms with Crippen LogP contribution in [0.2, 0.25) is 0 Å². The van der Waals surface area contributed by atoms with E-state index in [9.17, 15) is 13.2 Å². The summed E-state index contributed by atoms with van der Waals surface area (Å²) in [6, 6.07) is 15.1. The molecule has 0 fully saturated rings. The van der Waals surface area contributed by atoms with Gasteiger partial charge in [0.2, 0.25) is 10.0 Å². The molecule has 7 heteroatoms. The number of carbonyl (C=O) groups excluding carboxylic acids is 1. The molecule has 0 spiro atoms. The van der Waals surface area contributed by atoms with Crippen molar-refractivity contribution in [3.63, 3.8) is 0 Å². The van der Waals surface area contributed by atoms with E-state index in [1.807, 2.05) is 43.3 Å². The molecule has 0 unspecified atom stereocenters. The van der Waals surface area contributed by atoms with Crippen LogP contribution in [0.25, 0.3) is 0 Å². The number of carbonyl (C=O) groups is 1. The van der Waals surface area contributed by atoms with Crippen LogP contribution in [-0.2, 0) is 26.7 Å². The molecule has 2 aromatic carbocycles. The van der Waals surface area contributed by atoms with Crippen molar-refractivity contribution in [2.24, 2.45) is 5.10 Å². The number of hydrogen-bond donors (Lipinski definition) is 1. The van der Waals surface area contributed by atoms with E-state index in [2.05, 4.69) is 31.3 Å². The van der Waals surface area contributed by atoms with Crippen LogP contribution in [0.3, 0.4) is 0 Å². The van der Waals surface area contributed by atoms with Crippen LogP contribution in [0, 0.1) is 0 Å². The topological polar surface area (TPSA) is 78.8 Å². The predicted octanol–water partition coefficient (Wildman–Crippen LogP) is 3.85. The highest BCUT2D eigenvalue weighted by Crippen LogP contribution is 2.22. The van der Waals surface area contributed by atoms with Crippen molar-refractivity contribution < 1.29 is 13.2 Å². The maximum absolute atomic E-state index is 12.4. The lowest BCUT2D eigenvalue weighted by Crippen LogP contribution is -2.39. The number of hydrazone groups is 1. The Bertz CT molecular complexity index is 1000. The van der Waals surface area contributed by atoms with Crippen LogP contribution in [-0.4, -0.2) is 32.8 Å². The average molecular weight is 430 g/mol. The van der Waals surface area contributed by atoms with Gasteiger partial charge >= 0.3 is 0 Å². The summed E-state index contributed by atoms with van der Waals surface area (Å²) in [7, 11) is -3.62. The largest absolute Gasteiger partial charge is 0.271 e. The van der Waals surface area contributed by atoms with E-state index in [0.717, 1.165) is 28.1 Å². The normalized spacial score (nSPS) is 12.5. The lowest BCUT2D eigenvalue weighted by Gasteiger charge is -2.21. The lowest BCUT2D eigenvalue weighted by atomic mass is 9.86. The van der Waals surface area contributed by atoms with Crippen LogP contribution in [0.1, 0.15) is 51.3 Å². The number of nitrogens with one attached hydrogen (secondary N) is 1. The molecule has 1 amide bonds. The summed E-state index contributed by atoms with van der Waals surface area (Å²) in [5.41, 5.74) is 6.80. The molecule has 162 valence electrons. The van der Waals surface area contributed by atoms with Gasteiger partial charge in [-0.25, -0.2) is 13.8 Å². The molecule has 1 N–H and O–H groups in total. The van der Waals surface area contributed by atoms with Crippen LogP contribution < -0.4 is 9.73 Å². The molecule has 0 aromatic heterocycles. The van der Waals surface area contributed by atoms with Gasteiger partial charge in [-0.05, 0) is 47.6 Å². The van der Waals surface area contributed by atoms with Gasteiger partial charge in [0.25, 0.3) is 5.91 Å². The van der Waals surface area contributed by atoms with Crippen molar-refractivity contribution in [3.05, 3.63) is 65.2 Å². The third-order valence-electron chi connectivity index (χ3n) is 4.84. The van der Waals surface area contributed by atoms with Gasteiger partial charge in [0.15, 0.2) is 0 Å². The molecular weight excluding hydrogens is 398 g/mol. The summed E-state index contributed by atoms with van der Waals surface area (Å²) in [6.45, 7) is 9.91. The minimum Gasteiger partial charge on any atom is -0.271 e. The Morgan fingerprint density at radius 1 is 1.03 bits per heavy atom. The Balaban J connectivity index is 2.11. The van der Waals surface area contributed by atoms with Gasteiger partial charge in [0.1, 0.15) is 6.54 Å². The quantitative estimate of drug-likeness (QED) is 0.536.